The van der Waals surface area contributed by atoms with Gasteiger partial charge in [0.05, 0.1) is 19.3 Å². The molecular weight excluding hydrogens is 693 g/mol. The second-order valence-corrected chi connectivity index (χ2v) is 14.4. The molecule has 0 aliphatic rings. The molecule has 0 rings (SSSR count). The number of aliphatic hydroxyl groups is 1. The van der Waals surface area contributed by atoms with Crippen LogP contribution in [-0.2, 0) is 32.7 Å². The molecule has 0 amide bonds. The summed E-state index contributed by atoms with van der Waals surface area (Å²) in [6.45, 7) is 3.42. The monoisotopic (exact) mass is 765 g/mol. The van der Waals surface area contributed by atoms with E-state index in [1.54, 1.807) is 6.08 Å². The predicted octanol–water partition coefficient (Wildman–Crippen LogP) is 10.1. The van der Waals surface area contributed by atoms with Gasteiger partial charge in [-0.05, 0) is 44.9 Å². The van der Waals surface area contributed by atoms with E-state index in [4.69, 9.17) is 24.3 Å². The van der Waals surface area contributed by atoms with Crippen LogP contribution < -0.4 is 5.73 Å². The van der Waals surface area contributed by atoms with Gasteiger partial charge in [-0.2, -0.15) is 0 Å². The Morgan fingerprint density at radius 3 is 1.91 bits per heavy atom. The van der Waals surface area contributed by atoms with Crippen LogP contribution in [0.25, 0.3) is 0 Å². The summed E-state index contributed by atoms with van der Waals surface area (Å²) in [6, 6.07) is 0. The van der Waals surface area contributed by atoms with Gasteiger partial charge >= 0.3 is 19.8 Å². The summed E-state index contributed by atoms with van der Waals surface area (Å²) in [5, 5.41) is 9.98. The van der Waals surface area contributed by atoms with E-state index in [1.807, 2.05) is 48.6 Å². The summed E-state index contributed by atoms with van der Waals surface area (Å²) in [5.41, 5.74) is 5.33. The number of unbranched alkanes of at least 4 members (excludes halogenated alkanes) is 11. The third-order valence-electron chi connectivity index (χ3n) is 7.95. The third kappa shape index (κ3) is 37.5. The number of nitrogens with two attached hydrogens (primary N) is 1. The number of aliphatic hydroxyl groups excluding tert-OH is 1. The Morgan fingerprint density at radius 2 is 1.26 bits per heavy atom. The SMILES string of the molecule is CC/C=C\C/C=C\CC(O)/C=C/C=C\C/C=C\C/C=C\CCC(=O)OC[C@H](COP(=O)(O)OCCN)OC(=O)CCCCCCCCCCCCCC. The molecule has 0 saturated carbocycles. The Bertz CT molecular complexity index is 1120. The van der Waals surface area contributed by atoms with Gasteiger partial charge in [-0.1, -0.05) is 157 Å². The normalized spacial score (nSPS) is 14.7. The second-order valence-electron chi connectivity index (χ2n) is 13.0. The van der Waals surface area contributed by atoms with Crippen LogP contribution >= 0.6 is 7.82 Å². The Kier molecular flexibility index (Phi) is 35.9. The quantitative estimate of drug-likeness (QED) is 0.0185. The van der Waals surface area contributed by atoms with Gasteiger partial charge in [0.15, 0.2) is 6.10 Å². The highest BCUT2D eigenvalue weighted by Crippen LogP contribution is 2.43. The van der Waals surface area contributed by atoms with Crippen molar-refractivity contribution in [2.45, 2.75) is 154 Å². The van der Waals surface area contributed by atoms with Gasteiger partial charge in [0.1, 0.15) is 6.61 Å². The van der Waals surface area contributed by atoms with Gasteiger partial charge < -0.3 is 25.2 Å². The third-order valence-corrected chi connectivity index (χ3v) is 8.93. The molecule has 53 heavy (non-hydrogen) atoms. The van der Waals surface area contributed by atoms with Crippen molar-refractivity contribution in [2.75, 3.05) is 26.4 Å². The van der Waals surface area contributed by atoms with Crippen LogP contribution in [0.3, 0.4) is 0 Å². The van der Waals surface area contributed by atoms with Gasteiger partial charge in [0, 0.05) is 19.4 Å². The molecule has 4 N–H and O–H groups in total. The van der Waals surface area contributed by atoms with Crippen molar-refractivity contribution in [3.63, 3.8) is 0 Å². The zero-order valence-electron chi connectivity index (χ0n) is 32.8. The Balaban J connectivity index is 4.39. The summed E-state index contributed by atoms with van der Waals surface area (Å²) in [4.78, 5) is 34.7. The maximum absolute atomic E-state index is 12.5. The van der Waals surface area contributed by atoms with E-state index in [9.17, 15) is 24.2 Å². The molecule has 3 atom stereocenters. The maximum Gasteiger partial charge on any atom is 0.472 e. The number of carbonyl (C=O) groups is 2. The zero-order valence-corrected chi connectivity index (χ0v) is 33.7. The largest absolute Gasteiger partial charge is 0.472 e. The first kappa shape index (κ1) is 50.4. The fraction of sp³-hybridized carbons (Fsp3) is 0.667. The highest BCUT2D eigenvalue weighted by atomic mass is 31.2. The molecule has 0 radical (unpaired) electrons. The summed E-state index contributed by atoms with van der Waals surface area (Å²) in [7, 11) is -4.40. The number of esters is 2. The first-order valence-electron chi connectivity index (χ1n) is 20.0. The number of allylic oxidation sites excluding steroid dienone is 10. The van der Waals surface area contributed by atoms with Gasteiger partial charge in [-0.25, -0.2) is 4.57 Å². The Morgan fingerprint density at radius 1 is 0.679 bits per heavy atom. The first-order chi connectivity index (χ1) is 25.7. The summed E-state index contributed by atoms with van der Waals surface area (Å²) < 4.78 is 32.6. The van der Waals surface area contributed by atoms with E-state index in [1.165, 1.54) is 51.4 Å². The molecule has 0 aromatic heterocycles. The topological polar surface area (TPSA) is 155 Å². The fourth-order valence-electron chi connectivity index (χ4n) is 4.98. The van der Waals surface area contributed by atoms with Crippen molar-refractivity contribution in [1.82, 2.24) is 0 Å². The summed E-state index contributed by atoms with van der Waals surface area (Å²) in [5.74, 6) is -0.962. The molecular formula is C42H72NO9P. The van der Waals surface area contributed by atoms with E-state index < -0.39 is 38.6 Å². The zero-order chi connectivity index (χ0) is 39.1. The lowest BCUT2D eigenvalue weighted by Gasteiger charge is -2.19. The standard InChI is InChI=1S/C42H72NO9P/c1-3-5-7-9-11-12-13-14-19-22-26-30-34-42(46)52-40(38-51-53(47,48)50-36-35-43)37-49-41(45)33-29-25-21-18-16-15-17-20-24-28-32-39(44)31-27-23-10-8-6-4-2/h6,8,15-16,20-21,23-25,27-28,32,39-40,44H,3-5,7,9-14,17-19,22,26,29-31,33-38,43H2,1-2H3,(H,47,48)/b8-6-,16-15-,24-20-,25-21-,27-23-,32-28+/t39?,40-/m1/s1. The van der Waals surface area contributed by atoms with Crippen molar-refractivity contribution in [3.8, 4) is 0 Å². The van der Waals surface area contributed by atoms with Crippen LogP contribution in [0.5, 0.6) is 0 Å². The molecule has 10 nitrogen and oxygen atoms in total. The molecule has 0 aromatic carbocycles. The lowest BCUT2D eigenvalue weighted by atomic mass is 10.0. The number of phosphoric ester groups is 1. The average Bonchev–Trinajstić information content (AvgIpc) is 3.14. The number of hydrogen-bond acceptors (Lipinski definition) is 9. The van der Waals surface area contributed by atoms with Gasteiger partial charge in [0.25, 0.3) is 0 Å². The highest BCUT2D eigenvalue weighted by Gasteiger charge is 2.25. The van der Waals surface area contributed by atoms with Crippen LogP contribution in [0.4, 0.5) is 0 Å². The van der Waals surface area contributed by atoms with Crippen molar-refractivity contribution in [2.24, 2.45) is 5.73 Å². The fourth-order valence-corrected chi connectivity index (χ4v) is 5.74. The van der Waals surface area contributed by atoms with E-state index >= 15 is 0 Å². The van der Waals surface area contributed by atoms with E-state index in [0.717, 1.165) is 44.9 Å². The number of ether oxygens (including phenoxy) is 2. The van der Waals surface area contributed by atoms with Crippen molar-refractivity contribution in [3.05, 3.63) is 72.9 Å². The molecule has 0 saturated heterocycles. The molecule has 304 valence electrons. The van der Waals surface area contributed by atoms with E-state index in [-0.39, 0.29) is 32.6 Å². The minimum atomic E-state index is -4.40. The lowest BCUT2D eigenvalue weighted by molar-refractivity contribution is -0.161. The average molecular weight is 766 g/mol. The van der Waals surface area contributed by atoms with Crippen LogP contribution in [0.2, 0.25) is 0 Å². The minimum Gasteiger partial charge on any atom is -0.462 e. The number of rotatable bonds is 36. The number of carbonyl (C=O) groups excluding carboxylic acids is 2. The summed E-state index contributed by atoms with van der Waals surface area (Å²) in [6.07, 6.45) is 41.2. The number of hydrogen-bond donors (Lipinski definition) is 3. The summed E-state index contributed by atoms with van der Waals surface area (Å²) >= 11 is 0. The van der Waals surface area contributed by atoms with Crippen LogP contribution in [-0.4, -0.2) is 60.5 Å². The molecule has 0 spiro atoms. The van der Waals surface area contributed by atoms with Crippen LogP contribution in [0, 0.1) is 0 Å². The molecule has 0 aliphatic heterocycles. The van der Waals surface area contributed by atoms with Crippen molar-refractivity contribution >= 4 is 19.8 Å². The van der Waals surface area contributed by atoms with E-state index in [0.29, 0.717) is 19.3 Å². The molecule has 0 fully saturated rings. The minimum absolute atomic E-state index is 0.0337. The maximum atomic E-state index is 12.5. The number of phosphoric acid groups is 1. The lowest BCUT2D eigenvalue weighted by Crippen LogP contribution is -2.29. The Hall–Kier alpha value is -2.59. The Labute approximate surface area is 321 Å². The van der Waals surface area contributed by atoms with Gasteiger partial charge in [-0.3, -0.25) is 18.6 Å². The van der Waals surface area contributed by atoms with Crippen molar-refractivity contribution in [1.29, 1.82) is 0 Å². The van der Waals surface area contributed by atoms with Crippen molar-refractivity contribution < 1.29 is 42.7 Å². The van der Waals surface area contributed by atoms with E-state index in [2.05, 4.69) is 32.1 Å². The predicted molar refractivity (Wildman–Crippen MR) is 216 cm³/mol. The highest BCUT2D eigenvalue weighted by molar-refractivity contribution is 7.47. The molecule has 2 unspecified atom stereocenters. The van der Waals surface area contributed by atoms with Crippen LogP contribution in [0.15, 0.2) is 72.9 Å². The first-order valence-corrected chi connectivity index (χ1v) is 21.5. The molecule has 0 bridgehead atoms. The van der Waals surface area contributed by atoms with Gasteiger partial charge in [-0.15, -0.1) is 0 Å². The molecule has 0 heterocycles. The smallest absolute Gasteiger partial charge is 0.462 e. The van der Waals surface area contributed by atoms with Gasteiger partial charge in [0.2, 0.25) is 0 Å². The van der Waals surface area contributed by atoms with Crippen LogP contribution in [0.1, 0.15) is 142 Å². The molecule has 0 aromatic rings. The second kappa shape index (κ2) is 37.7. The molecule has 0 aliphatic carbocycles. The molecule has 11 heteroatoms.